The van der Waals surface area contributed by atoms with Gasteiger partial charge in [0, 0.05) is 16.1 Å². The summed E-state index contributed by atoms with van der Waals surface area (Å²) in [5, 5.41) is 1.42. The highest BCUT2D eigenvalue weighted by Gasteiger charge is 2.39. The number of hydrogen-bond donors (Lipinski definition) is 0. The van der Waals surface area contributed by atoms with Gasteiger partial charge in [-0.3, -0.25) is 0 Å². The first-order chi connectivity index (χ1) is 10.1. The zero-order chi connectivity index (χ0) is 14.6. The molecule has 1 fully saturated rings. The molecule has 2 unspecified atom stereocenters. The first kappa shape index (κ1) is 16.0. The molecule has 2 atom stereocenters. The first-order valence-electron chi connectivity index (χ1n) is 8.00. The number of fused-ring (bicyclic) bond motifs is 3. The van der Waals surface area contributed by atoms with E-state index in [0.717, 1.165) is 18.4 Å². The Bertz CT molecular complexity index is 728. The SMILES string of the molecule is Cc1ccc2cc(C3=C(CN(C)C)C4CCC3C4)sc2c1.Cl. The van der Waals surface area contributed by atoms with Gasteiger partial charge in [-0.05, 0) is 86.3 Å². The zero-order valence-electron chi connectivity index (χ0n) is 13.6. The van der Waals surface area contributed by atoms with Gasteiger partial charge in [0.2, 0.25) is 0 Å². The number of hydrogen-bond acceptors (Lipinski definition) is 2. The van der Waals surface area contributed by atoms with Crippen molar-refractivity contribution in [1.82, 2.24) is 4.90 Å². The Morgan fingerprint density at radius 2 is 1.91 bits per heavy atom. The average Bonchev–Trinajstić information content (AvgIpc) is 3.10. The Balaban J connectivity index is 0.00000144. The third-order valence-corrected chi connectivity index (χ3v) is 6.24. The lowest BCUT2D eigenvalue weighted by Gasteiger charge is -2.22. The van der Waals surface area contributed by atoms with E-state index in [9.17, 15) is 0 Å². The molecule has 1 saturated carbocycles. The minimum atomic E-state index is 0. The first-order valence-corrected chi connectivity index (χ1v) is 8.81. The molecule has 0 radical (unpaired) electrons. The van der Waals surface area contributed by atoms with E-state index in [-0.39, 0.29) is 12.4 Å². The molecule has 3 heteroatoms. The van der Waals surface area contributed by atoms with Crippen LogP contribution in [0.3, 0.4) is 0 Å². The summed E-state index contributed by atoms with van der Waals surface area (Å²) in [6, 6.07) is 9.28. The van der Waals surface area contributed by atoms with Gasteiger partial charge in [0.1, 0.15) is 0 Å². The van der Waals surface area contributed by atoms with Gasteiger partial charge in [-0.15, -0.1) is 23.7 Å². The van der Waals surface area contributed by atoms with Crippen molar-refractivity contribution in [2.24, 2.45) is 11.8 Å². The fraction of sp³-hybridized carbons (Fsp3) is 0.474. The van der Waals surface area contributed by atoms with E-state index >= 15 is 0 Å². The lowest BCUT2D eigenvalue weighted by Crippen LogP contribution is -2.19. The van der Waals surface area contributed by atoms with Gasteiger partial charge in [0.25, 0.3) is 0 Å². The van der Waals surface area contributed by atoms with Crippen LogP contribution in [0, 0.1) is 18.8 Å². The summed E-state index contributed by atoms with van der Waals surface area (Å²) in [5.41, 5.74) is 4.81. The molecule has 1 aromatic carbocycles. The maximum Gasteiger partial charge on any atom is 0.0351 e. The summed E-state index contributed by atoms with van der Waals surface area (Å²) < 4.78 is 1.45. The number of allylic oxidation sites excluding steroid dienone is 1. The van der Waals surface area contributed by atoms with Crippen molar-refractivity contribution in [3.05, 3.63) is 40.3 Å². The predicted octanol–water partition coefficient (Wildman–Crippen LogP) is 5.38. The summed E-state index contributed by atoms with van der Waals surface area (Å²) >= 11 is 2.00. The van der Waals surface area contributed by atoms with Crippen LogP contribution in [-0.2, 0) is 0 Å². The van der Waals surface area contributed by atoms with Gasteiger partial charge >= 0.3 is 0 Å². The monoisotopic (exact) mass is 333 g/mol. The molecule has 2 aromatic rings. The van der Waals surface area contributed by atoms with Crippen LogP contribution >= 0.6 is 23.7 Å². The van der Waals surface area contributed by atoms with Crippen molar-refractivity contribution in [2.75, 3.05) is 20.6 Å². The van der Waals surface area contributed by atoms with Gasteiger partial charge < -0.3 is 4.90 Å². The molecule has 0 spiro atoms. The molecule has 0 amide bonds. The van der Waals surface area contributed by atoms with Crippen molar-refractivity contribution in [3.8, 4) is 0 Å². The number of rotatable bonds is 3. The largest absolute Gasteiger partial charge is 0.305 e. The van der Waals surface area contributed by atoms with Gasteiger partial charge in [0.05, 0.1) is 0 Å². The number of nitrogens with zero attached hydrogens (tertiary/aromatic N) is 1. The fourth-order valence-corrected chi connectivity index (χ4v) is 5.55. The Labute approximate surface area is 143 Å². The Hall–Kier alpha value is -0.830. The van der Waals surface area contributed by atoms with Crippen molar-refractivity contribution >= 4 is 39.4 Å². The summed E-state index contributed by atoms with van der Waals surface area (Å²) in [5.74, 6) is 1.69. The normalized spacial score (nSPS) is 23.6. The Morgan fingerprint density at radius 1 is 1.14 bits per heavy atom. The highest BCUT2D eigenvalue weighted by molar-refractivity contribution is 7.20. The Kier molecular flexibility index (Phi) is 4.37. The minimum absolute atomic E-state index is 0. The molecule has 2 aliphatic carbocycles. The van der Waals surface area contributed by atoms with Crippen LogP contribution in [0.2, 0.25) is 0 Å². The summed E-state index contributed by atoms with van der Waals surface area (Å²) in [4.78, 5) is 3.88. The third-order valence-electron chi connectivity index (χ3n) is 5.11. The molecular weight excluding hydrogens is 310 g/mol. The van der Waals surface area contributed by atoms with Crippen LogP contribution in [0.5, 0.6) is 0 Å². The second-order valence-corrected chi connectivity index (χ2v) is 8.12. The molecule has 1 heterocycles. The standard InChI is InChI=1S/C19H23NS.ClH/c1-12-4-5-14-10-18(21-17(14)8-12)19-15-7-6-13(9-15)16(19)11-20(2)3;/h4-5,8,10,13,15H,6-7,9,11H2,1-3H3;1H. The topological polar surface area (TPSA) is 3.24 Å². The number of likely N-dealkylation sites (N-methyl/N-ethyl adjacent to an activating group) is 1. The zero-order valence-corrected chi connectivity index (χ0v) is 15.2. The molecule has 0 N–H and O–H groups in total. The molecule has 0 aliphatic heterocycles. The lowest BCUT2D eigenvalue weighted by atomic mass is 9.90. The molecule has 2 aliphatic rings. The fourth-order valence-electron chi connectivity index (χ4n) is 4.23. The number of halogens is 1. The van der Waals surface area contributed by atoms with Crippen molar-refractivity contribution in [2.45, 2.75) is 26.2 Å². The molecule has 2 bridgehead atoms. The number of benzene rings is 1. The highest BCUT2D eigenvalue weighted by Crippen LogP contribution is 2.54. The van der Waals surface area contributed by atoms with Crippen LogP contribution < -0.4 is 0 Å². The van der Waals surface area contributed by atoms with Crippen LogP contribution in [-0.4, -0.2) is 25.5 Å². The van der Waals surface area contributed by atoms with Gasteiger partial charge in [-0.2, -0.15) is 0 Å². The molecule has 1 nitrogen and oxygen atoms in total. The van der Waals surface area contributed by atoms with Crippen molar-refractivity contribution in [1.29, 1.82) is 0 Å². The summed E-state index contributed by atoms with van der Waals surface area (Å²) in [6.07, 6.45) is 4.23. The highest BCUT2D eigenvalue weighted by atomic mass is 35.5. The van der Waals surface area contributed by atoms with E-state index in [2.05, 4.69) is 50.2 Å². The van der Waals surface area contributed by atoms with E-state index in [0.29, 0.717) is 0 Å². The van der Waals surface area contributed by atoms with Gasteiger partial charge in [0.15, 0.2) is 0 Å². The second kappa shape index (κ2) is 5.99. The molecule has 22 heavy (non-hydrogen) atoms. The van der Waals surface area contributed by atoms with Crippen LogP contribution in [0.4, 0.5) is 0 Å². The molecule has 4 rings (SSSR count). The molecular formula is C19H24ClNS. The minimum Gasteiger partial charge on any atom is -0.305 e. The average molecular weight is 334 g/mol. The Morgan fingerprint density at radius 3 is 2.68 bits per heavy atom. The van der Waals surface area contributed by atoms with Crippen LogP contribution in [0.15, 0.2) is 29.8 Å². The molecule has 1 aromatic heterocycles. The summed E-state index contributed by atoms with van der Waals surface area (Å²) in [7, 11) is 4.40. The maximum absolute atomic E-state index is 2.44. The summed E-state index contributed by atoms with van der Waals surface area (Å²) in [6.45, 7) is 3.33. The van der Waals surface area contributed by atoms with E-state index in [1.54, 1.807) is 16.0 Å². The van der Waals surface area contributed by atoms with Crippen molar-refractivity contribution in [3.63, 3.8) is 0 Å². The van der Waals surface area contributed by atoms with E-state index in [4.69, 9.17) is 0 Å². The van der Waals surface area contributed by atoms with E-state index in [1.165, 1.54) is 34.9 Å². The third kappa shape index (κ3) is 2.62. The number of thiophene rings is 1. The van der Waals surface area contributed by atoms with Gasteiger partial charge in [-0.1, -0.05) is 12.1 Å². The smallest absolute Gasteiger partial charge is 0.0351 e. The lowest BCUT2D eigenvalue weighted by molar-refractivity contribution is 0.423. The molecule has 118 valence electrons. The van der Waals surface area contributed by atoms with Gasteiger partial charge in [-0.25, -0.2) is 0 Å². The molecule has 0 saturated heterocycles. The van der Waals surface area contributed by atoms with E-state index in [1.807, 2.05) is 11.3 Å². The number of aryl methyl sites for hydroxylation is 1. The van der Waals surface area contributed by atoms with Crippen LogP contribution in [0.25, 0.3) is 15.7 Å². The van der Waals surface area contributed by atoms with Crippen LogP contribution in [0.1, 0.15) is 29.7 Å². The predicted molar refractivity (Wildman–Crippen MR) is 100 cm³/mol. The quantitative estimate of drug-likeness (QED) is 0.729. The van der Waals surface area contributed by atoms with E-state index < -0.39 is 0 Å². The maximum atomic E-state index is 2.44. The second-order valence-electron chi connectivity index (χ2n) is 7.04. The van der Waals surface area contributed by atoms with Crippen molar-refractivity contribution < 1.29 is 0 Å².